The molecule has 0 radical (unpaired) electrons. The number of hydrogen-bond donors (Lipinski definition) is 2. The van der Waals surface area contributed by atoms with Gasteiger partial charge < -0.3 is 15.8 Å². The predicted octanol–water partition coefficient (Wildman–Crippen LogP) is 1.18. The summed E-state index contributed by atoms with van der Waals surface area (Å²) in [4.78, 5) is 13.4. The molecule has 3 rings (SSSR count). The number of ether oxygens (including phenoxy) is 1. The van der Waals surface area contributed by atoms with Crippen molar-refractivity contribution in [2.24, 2.45) is 0 Å². The molecule has 6 nitrogen and oxygen atoms in total. The fourth-order valence-corrected chi connectivity index (χ4v) is 3.08. The summed E-state index contributed by atoms with van der Waals surface area (Å²) in [6, 6.07) is 1.94. The van der Waals surface area contributed by atoms with Crippen LogP contribution in [0.4, 0.5) is 5.69 Å². The number of amides is 1. The van der Waals surface area contributed by atoms with Gasteiger partial charge in [-0.3, -0.25) is 4.79 Å². The predicted molar refractivity (Wildman–Crippen MR) is 73.1 cm³/mol. The first-order valence-corrected chi connectivity index (χ1v) is 6.95. The van der Waals surface area contributed by atoms with E-state index in [9.17, 15) is 4.79 Å². The van der Waals surface area contributed by atoms with Gasteiger partial charge in [-0.15, -0.1) is 16.4 Å². The van der Waals surface area contributed by atoms with Gasteiger partial charge in [0.25, 0.3) is 5.91 Å². The summed E-state index contributed by atoms with van der Waals surface area (Å²) in [5.41, 5.74) is 6.49. The highest BCUT2D eigenvalue weighted by atomic mass is 32.1. The molecule has 0 aromatic carbocycles. The molecule has 1 saturated heterocycles. The van der Waals surface area contributed by atoms with Gasteiger partial charge in [-0.1, -0.05) is 0 Å². The van der Waals surface area contributed by atoms with Crippen LogP contribution in [0, 0.1) is 0 Å². The van der Waals surface area contributed by atoms with Crippen molar-refractivity contribution in [1.29, 1.82) is 0 Å². The monoisotopic (exact) mass is 278 g/mol. The smallest absolute Gasteiger partial charge is 0.263 e. The number of carbonyl (C=O) groups is 1. The van der Waals surface area contributed by atoms with Crippen LogP contribution in [0.1, 0.15) is 22.5 Å². The van der Waals surface area contributed by atoms with Gasteiger partial charge in [0.05, 0.1) is 11.9 Å². The molecule has 0 bridgehead atoms. The minimum Gasteiger partial charge on any atom is -0.397 e. The third-order valence-electron chi connectivity index (χ3n) is 3.18. The molecule has 19 heavy (non-hydrogen) atoms. The number of thiophene rings is 1. The fourth-order valence-electron chi connectivity index (χ4n) is 2.13. The number of nitrogens with two attached hydrogens (primary N) is 1. The van der Waals surface area contributed by atoms with Crippen molar-refractivity contribution in [2.45, 2.75) is 18.9 Å². The zero-order chi connectivity index (χ0) is 13.2. The van der Waals surface area contributed by atoms with E-state index in [-0.39, 0.29) is 11.9 Å². The number of aromatic nitrogens is 2. The molecule has 0 aliphatic carbocycles. The molecule has 1 aliphatic heterocycles. The van der Waals surface area contributed by atoms with Crippen molar-refractivity contribution in [3.05, 3.63) is 17.1 Å². The van der Waals surface area contributed by atoms with Crippen molar-refractivity contribution < 1.29 is 9.53 Å². The second kappa shape index (κ2) is 5.10. The Balaban J connectivity index is 1.83. The number of nitrogen functional groups attached to an aromatic ring is 1. The lowest BCUT2D eigenvalue weighted by molar-refractivity contribution is 0.0699. The van der Waals surface area contributed by atoms with E-state index >= 15 is 0 Å². The summed E-state index contributed by atoms with van der Waals surface area (Å²) in [7, 11) is 0. The quantitative estimate of drug-likeness (QED) is 0.861. The highest BCUT2D eigenvalue weighted by Crippen LogP contribution is 2.31. The van der Waals surface area contributed by atoms with Gasteiger partial charge in [0, 0.05) is 24.6 Å². The van der Waals surface area contributed by atoms with Crippen molar-refractivity contribution in [2.75, 3.05) is 18.9 Å². The van der Waals surface area contributed by atoms with Gasteiger partial charge in [-0.2, -0.15) is 5.10 Å². The topological polar surface area (TPSA) is 90.1 Å². The van der Waals surface area contributed by atoms with E-state index in [1.54, 1.807) is 12.3 Å². The van der Waals surface area contributed by atoms with Crippen LogP contribution in [0.25, 0.3) is 10.2 Å². The molecule has 2 aromatic rings. The lowest BCUT2D eigenvalue weighted by atomic mass is 10.1. The van der Waals surface area contributed by atoms with E-state index < -0.39 is 0 Å². The van der Waals surface area contributed by atoms with E-state index in [4.69, 9.17) is 10.5 Å². The average molecular weight is 278 g/mol. The number of nitrogens with one attached hydrogen (secondary N) is 1. The van der Waals surface area contributed by atoms with Gasteiger partial charge in [0.1, 0.15) is 9.71 Å². The first kappa shape index (κ1) is 12.3. The van der Waals surface area contributed by atoms with Gasteiger partial charge in [0.15, 0.2) is 0 Å². The largest absolute Gasteiger partial charge is 0.397 e. The van der Waals surface area contributed by atoms with E-state index in [1.807, 2.05) is 0 Å². The lowest BCUT2D eigenvalue weighted by Crippen LogP contribution is -2.38. The summed E-state index contributed by atoms with van der Waals surface area (Å²) in [6.07, 6.45) is 3.26. The molecule has 3 heterocycles. The zero-order valence-corrected chi connectivity index (χ0v) is 11.1. The van der Waals surface area contributed by atoms with Crippen LogP contribution in [0.15, 0.2) is 12.3 Å². The van der Waals surface area contributed by atoms with Crippen LogP contribution in [-0.2, 0) is 4.74 Å². The van der Waals surface area contributed by atoms with Gasteiger partial charge in [-0.25, -0.2) is 0 Å². The third-order valence-corrected chi connectivity index (χ3v) is 4.29. The molecule has 100 valence electrons. The second-order valence-electron chi connectivity index (χ2n) is 4.46. The van der Waals surface area contributed by atoms with Crippen molar-refractivity contribution in [3.8, 4) is 0 Å². The van der Waals surface area contributed by atoms with Gasteiger partial charge in [0.2, 0.25) is 0 Å². The Morgan fingerprint density at radius 1 is 1.47 bits per heavy atom. The van der Waals surface area contributed by atoms with E-state index in [0.717, 1.165) is 18.2 Å². The number of carbonyl (C=O) groups excluding carboxylic acids is 1. The highest BCUT2D eigenvalue weighted by Gasteiger charge is 2.21. The molecule has 0 unspecified atom stereocenters. The normalized spacial score (nSPS) is 16.6. The minimum atomic E-state index is -0.132. The standard InChI is InChI=1S/C12H14N4O2S/c13-9-8-1-4-14-16-12(8)19-10(9)11(17)15-7-2-5-18-6-3-7/h1,4,7H,2-3,5-6,13H2,(H,15,17). The molecule has 7 heteroatoms. The summed E-state index contributed by atoms with van der Waals surface area (Å²) in [6.45, 7) is 1.39. The van der Waals surface area contributed by atoms with Crippen molar-refractivity contribution in [3.63, 3.8) is 0 Å². The summed E-state index contributed by atoms with van der Waals surface area (Å²) in [5.74, 6) is -0.132. The van der Waals surface area contributed by atoms with Crippen LogP contribution in [0.5, 0.6) is 0 Å². The number of fused-ring (bicyclic) bond motifs is 1. The Hall–Kier alpha value is -1.73. The summed E-state index contributed by atoms with van der Waals surface area (Å²) < 4.78 is 5.27. The molecule has 0 atom stereocenters. The first-order valence-electron chi connectivity index (χ1n) is 6.14. The molecule has 3 N–H and O–H groups in total. The fraction of sp³-hybridized carbons (Fsp3) is 0.417. The molecule has 0 saturated carbocycles. The van der Waals surface area contributed by atoms with Crippen LogP contribution < -0.4 is 11.1 Å². The van der Waals surface area contributed by atoms with E-state index in [0.29, 0.717) is 28.6 Å². The van der Waals surface area contributed by atoms with Crippen molar-refractivity contribution >= 4 is 33.1 Å². The minimum absolute atomic E-state index is 0.132. The lowest BCUT2D eigenvalue weighted by Gasteiger charge is -2.22. The maximum atomic E-state index is 12.2. The Morgan fingerprint density at radius 2 is 2.26 bits per heavy atom. The molecular weight excluding hydrogens is 264 g/mol. The van der Waals surface area contributed by atoms with Crippen LogP contribution in [0.2, 0.25) is 0 Å². The number of nitrogens with zero attached hydrogens (tertiary/aromatic N) is 2. The van der Waals surface area contributed by atoms with Crippen molar-refractivity contribution in [1.82, 2.24) is 15.5 Å². The zero-order valence-electron chi connectivity index (χ0n) is 10.3. The Kier molecular flexibility index (Phi) is 3.31. The maximum absolute atomic E-state index is 12.2. The second-order valence-corrected chi connectivity index (χ2v) is 5.45. The number of anilines is 1. The first-order chi connectivity index (χ1) is 9.25. The maximum Gasteiger partial charge on any atom is 0.263 e. The molecular formula is C12H14N4O2S. The highest BCUT2D eigenvalue weighted by molar-refractivity contribution is 7.21. The number of hydrogen-bond acceptors (Lipinski definition) is 6. The van der Waals surface area contributed by atoms with Gasteiger partial charge >= 0.3 is 0 Å². The molecule has 1 amide bonds. The third kappa shape index (κ3) is 2.39. The van der Waals surface area contributed by atoms with E-state index in [2.05, 4.69) is 15.5 Å². The van der Waals surface area contributed by atoms with E-state index in [1.165, 1.54) is 11.3 Å². The van der Waals surface area contributed by atoms with Crippen LogP contribution in [0.3, 0.4) is 0 Å². The molecule has 0 spiro atoms. The summed E-state index contributed by atoms with van der Waals surface area (Å²) >= 11 is 1.28. The Bertz CT molecular complexity index is 607. The molecule has 1 fully saturated rings. The Labute approximate surface area is 114 Å². The van der Waals surface area contributed by atoms with Gasteiger partial charge in [-0.05, 0) is 18.9 Å². The SMILES string of the molecule is Nc1c(C(=O)NC2CCOCC2)sc2nnccc12. The number of rotatable bonds is 2. The van der Waals surface area contributed by atoms with Crippen LogP contribution in [-0.4, -0.2) is 35.4 Å². The molecule has 2 aromatic heterocycles. The molecule has 1 aliphatic rings. The van der Waals surface area contributed by atoms with Crippen LogP contribution >= 0.6 is 11.3 Å². The average Bonchev–Trinajstić information content (AvgIpc) is 2.78. The summed E-state index contributed by atoms with van der Waals surface area (Å²) in [5, 5.41) is 11.6. The Morgan fingerprint density at radius 3 is 3.00 bits per heavy atom.